The topological polar surface area (TPSA) is 81.6 Å². The number of carboxylic acid groups (broad SMARTS) is 1. The fourth-order valence-corrected chi connectivity index (χ4v) is 3.23. The number of hydrogen-bond acceptors (Lipinski definition) is 4. The van der Waals surface area contributed by atoms with E-state index in [9.17, 15) is 9.90 Å². The van der Waals surface area contributed by atoms with Crippen LogP contribution in [-0.2, 0) is 17.3 Å². The van der Waals surface area contributed by atoms with E-state index in [1.54, 1.807) is 18.4 Å². The summed E-state index contributed by atoms with van der Waals surface area (Å²) < 4.78 is 4.49. The number of hydrogen-bond donors (Lipinski definition) is 2. The molecular weight excluding hydrogens is 339 g/mol. The number of aromatic nitrogens is 4. The van der Waals surface area contributed by atoms with E-state index in [0.717, 1.165) is 16.6 Å². The first kappa shape index (κ1) is 18.7. The molecule has 120 valence electrons. The van der Waals surface area contributed by atoms with Crippen LogP contribution < -0.4 is 24.0 Å². The van der Waals surface area contributed by atoms with Crippen LogP contribution in [0.15, 0.2) is 24.4 Å². The molecule has 0 saturated heterocycles. The second-order valence-electron chi connectivity index (χ2n) is 5.96. The smallest absolute Gasteiger partial charge is 0.549 e. The molecule has 0 unspecified atom stereocenters. The first-order valence-electron chi connectivity index (χ1n) is 6.94. The number of carboxylic acids is 1. The number of aryl methyl sites for hydroxylation is 1. The number of benzene rings is 1. The minimum Gasteiger partial charge on any atom is -0.549 e. The summed E-state index contributed by atoms with van der Waals surface area (Å²) in [7, 11) is 1.88. The van der Waals surface area contributed by atoms with Crippen molar-refractivity contribution in [3.63, 3.8) is 0 Å². The first-order chi connectivity index (χ1) is 10.7. The number of carbonyl (C=O) groups is 1. The van der Waals surface area contributed by atoms with E-state index in [4.69, 9.17) is 24.4 Å². The molecule has 6 nitrogen and oxygen atoms in total. The van der Waals surface area contributed by atoms with Crippen molar-refractivity contribution in [2.45, 2.75) is 19.3 Å². The molecule has 0 saturated carbocycles. The molecule has 0 atom stereocenters. The van der Waals surface area contributed by atoms with Crippen LogP contribution in [0.1, 0.15) is 19.4 Å². The third kappa shape index (κ3) is 2.80. The molecule has 2 heterocycles. The summed E-state index contributed by atoms with van der Waals surface area (Å²) in [5, 5.41) is 17.9. The molecule has 3 rings (SSSR count). The van der Waals surface area contributed by atoms with Crippen molar-refractivity contribution in [3.8, 4) is 5.69 Å². The van der Waals surface area contributed by atoms with Gasteiger partial charge in [-0.15, -0.1) is 0 Å². The van der Waals surface area contributed by atoms with E-state index >= 15 is 0 Å². The molecule has 0 amide bonds. The van der Waals surface area contributed by atoms with Crippen molar-refractivity contribution >= 4 is 41.3 Å². The van der Waals surface area contributed by atoms with Crippen LogP contribution in [0.25, 0.3) is 16.6 Å². The Balaban J connectivity index is 0.00000208. The SMILES string of the molecule is Cn1cc(C(C)(C)C(=O)[O-])c2cc(-n3c(=S)[nH][nH]c3=S)ccc21.[Li+]. The number of fused-ring (bicyclic) bond motifs is 1. The number of aromatic amines is 2. The minimum atomic E-state index is -1.12. The van der Waals surface area contributed by atoms with Crippen LogP contribution in [-0.4, -0.2) is 25.3 Å². The van der Waals surface area contributed by atoms with Crippen LogP contribution >= 0.6 is 24.4 Å². The molecule has 0 aliphatic heterocycles. The predicted molar refractivity (Wildman–Crippen MR) is 90.6 cm³/mol. The number of H-pyrrole nitrogens is 2. The zero-order chi connectivity index (χ0) is 16.9. The molecule has 2 aromatic heterocycles. The predicted octanol–water partition coefficient (Wildman–Crippen LogP) is -0.884. The second-order valence-corrected chi connectivity index (χ2v) is 6.74. The largest absolute Gasteiger partial charge is 1.00 e. The van der Waals surface area contributed by atoms with Gasteiger partial charge in [0.05, 0.1) is 11.7 Å². The molecule has 0 radical (unpaired) electrons. The molecule has 9 heteroatoms. The summed E-state index contributed by atoms with van der Waals surface area (Å²) in [6.45, 7) is 3.27. The fraction of sp³-hybridized carbons (Fsp3) is 0.267. The van der Waals surface area contributed by atoms with Gasteiger partial charge in [-0.1, -0.05) is 13.8 Å². The Morgan fingerprint density at radius 3 is 2.33 bits per heavy atom. The Bertz CT molecular complexity index is 1010. The van der Waals surface area contributed by atoms with E-state index in [1.165, 1.54) is 0 Å². The van der Waals surface area contributed by atoms with E-state index < -0.39 is 11.4 Å². The summed E-state index contributed by atoms with van der Waals surface area (Å²) >= 11 is 10.5. The zero-order valence-corrected chi connectivity index (χ0v) is 15.5. The van der Waals surface area contributed by atoms with Crippen LogP contribution in [0, 0.1) is 9.54 Å². The van der Waals surface area contributed by atoms with Gasteiger partial charge in [0.15, 0.2) is 9.54 Å². The second kappa shape index (κ2) is 6.37. The maximum Gasteiger partial charge on any atom is 1.00 e. The van der Waals surface area contributed by atoms with Crippen molar-refractivity contribution in [2.24, 2.45) is 7.05 Å². The summed E-state index contributed by atoms with van der Waals surface area (Å²) in [6.07, 6.45) is 1.82. The van der Waals surface area contributed by atoms with Crippen molar-refractivity contribution in [3.05, 3.63) is 39.5 Å². The Morgan fingerprint density at radius 2 is 1.79 bits per heavy atom. The Morgan fingerprint density at radius 1 is 1.21 bits per heavy atom. The molecule has 24 heavy (non-hydrogen) atoms. The Kier molecular flexibility index (Phi) is 4.98. The van der Waals surface area contributed by atoms with E-state index in [2.05, 4.69) is 10.2 Å². The van der Waals surface area contributed by atoms with Gasteiger partial charge in [0.25, 0.3) is 0 Å². The molecule has 3 aromatic rings. The van der Waals surface area contributed by atoms with Crippen molar-refractivity contribution < 1.29 is 28.8 Å². The van der Waals surface area contributed by atoms with Crippen LogP contribution in [0.5, 0.6) is 0 Å². The van der Waals surface area contributed by atoms with Crippen LogP contribution in [0.3, 0.4) is 0 Å². The van der Waals surface area contributed by atoms with Crippen molar-refractivity contribution in [1.29, 1.82) is 0 Å². The van der Waals surface area contributed by atoms with Gasteiger partial charge < -0.3 is 14.5 Å². The normalized spacial score (nSPS) is 11.5. The van der Waals surface area contributed by atoms with Gasteiger partial charge in [-0.25, -0.2) is 0 Å². The monoisotopic (exact) mass is 354 g/mol. The Hall–Kier alpha value is -1.59. The van der Waals surface area contributed by atoms with Gasteiger partial charge in [-0.05, 0) is 48.2 Å². The summed E-state index contributed by atoms with van der Waals surface area (Å²) in [5.74, 6) is -1.12. The fourth-order valence-electron chi connectivity index (χ4n) is 2.67. The standard InChI is InChI=1S/C15H16N4O2S2.Li/c1-15(2,12(20)21)10-7-18(3)11-5-4-8(6-9(10)11)19-13(22)16-17-14(19)23;/h4-7H,1-3H3,(H,16,22)(H,17,23)(H,20,21);/q;+1/p-1. The molecule has 0 spiro atoms. The first-order valence-corrected chi connectivity index (χ1v) is 7.76. The van der Waals surface area contributed by atoms with Gasteiger partial charge in [0.2, 0.25) is 0 Å². The summed E-state index contributed by atoms with van der Waals surface area (Å²) in [5.41, 5.74) is 1.27. The molecule has 2 N–H and O–H groups in total. The van der Waals surface area contributed by atoms with Gasteiger partial charge in [-0.2, -0.15) is 0 Å². The maximum atomic E-state index is 11.5. The van der Waals surface area contributed by atoms with Crippen molar-refractivity contribution in [2.75, 3.05) is 0 Å². The molecular formula is C15H15LiN4O2S2. The van der Waals surface area contributed by atoms with E-state index in [0.29, 0.717) is 15.1 Å². The molecule has 0 aliphatic carbocycles. The number of carbonyl (C=O) groups excluding carboxylic acids is 1. The van der Waals surface area contributed by atoms with Crippen molar-refractivity contribution in [1.82, 2.24) is 19.3 Å². The molecule has 1 aromatic carbocycles. The average molecular weight is 354 g/mol. The van der Waals surface area contributed by atoms with E-state index in [1.807, 2.05) is 36.0 Å². The number of nitrogens with zero attached hydrogens (tertiary/aromatic N) is 2. The molecule has 0 bridgehead atoms. The third-order valence-corrected chi connectivity index (χ3v) is 4.67. The number of aliphatic carboxylic acids is 1. The average Bonchev–Trinajstić information content (AvgIpc) is 2.99. The maximum absolute atomic E-state index is 11.5. The van der Waals surface area contributed by atoms with Crippen LogP contribution in [0.4, 0.5) is 0 Å². The summed E-state index contributed by atoms with van der Waals surface area (Å²) in [6, 6.07) is 5.71. The number of rotatable bonds is 3. The molecule has 0 fully saturated rings. The quantitative estimate of drug-likeness (QED) is 0.473. The van der Waals surface area contributed by atoms with Gasteiger partial charge in [-0.3, -0.25) is 14.8 Å². The van der Waals surface area contributed by atoms with E-state index in [-0.39, 0.29) is 18.9 Å². The van der Waals surface area contributed by atoms with Gasteiger partial charge in [0, 0.05) is 29.6 Å². The van der Waals surface area contributed by atoms with Gasteiger partial charge in [0.1, 0.15) is 0 Å². The minimum absolute atomic E-state index is 0. The Labute approximate surface area is 160 Å². The van der Waals surface area contributed by atoms with Crippen LogP contribution in [0.2, 0.25) is 0 Å². The number of nitrogens with one attached hydrogen (secondary N) is 2. The summed E-state index contributed by atoms with van der Waals surface area (Å²) in [4.78, 5) is 11.5. The third-order valence-electron chi connectivity index (χ3n) is 4.10. The van der Waals surface area contributed by atoms with Gasteiger partial charge >= 0.3 is 18.9 Å². The zero-order valence-electron chi connectivity index (χ0n) is 13.8. The molecule has 0 aliphatic rings.